The van der Waals surface area contributed by atoms with E-state index in [1.165, 1.54) is 4.88 Å². The first-order valence-electron chi connectivity index (χ1n) is 10.3. The molecule has 2 N–H and O–H groups in total. The van der Waals surface area contributed by atoms with Crippen molar-refractivity contribution in [1.29, 1.82) is 0 Å². The van der Waals surface area contributed by atoms with Gasteiger partial charge in [0.25, 0.3) is 0 Å². The molecule has 9 heteroatoms. The average Bonchev–Trinajstić information content (AvgIpc) is 3.18. The number of aliphatic imine (C=N–C) groups is 1. The summed E-state index contributed by atoms with van der Waals surface area (Å²) in [6.07, 6.45) is 6.32. The number of thiazole rings is 1. The first kappa shape index (κ1) is 24.8. The van der Waals surface area contributed by atoms with E-state index < -0.39 is 0 Å². The van der Waals surface area contributed by atoms with Crippen LogP contribution < -0.4 is 15.5 Å². The molecule has 1 aliphatic heterocycles. The van der Waals surface area contributed by atoms with E-state index in [1.807, 2.05) is 12.4 Å². The maximum Gasteiger partial charge on any atom is 0.191 e. The molecule has 3 heterocycles. The van der Waals surface area contributed by atoms with Crippen molar-refractivity contribution in [3.63, 3.8) is 0 Å². The zero-order chi connectivity index (χ0) is 20.6. The fourth-order valence-electron chi connectivity index (χ4n) is 3.39. The minimum absolute atomic E-state index is 0. The van der Waals surface area contributed by atoms with Crippen molar-refractivity contribution in [2.24, 2.45) is 4.99 Å². The molecule has 0 saturated carbocycles. The molecule has 0 radical (unpaired) electrons. The zero-order valence-electron chi connectivity index (χ0n) is 18.2. The van der Waals surface area contributed by atoms with Gasteiger partial charge in [-0.2, -0.15) is 0 Å². The monoisotopic (exact) mass is 544 g/mol. The van der Waals surface area contributed by atoms with E-state index in [9.17, 15) is 0 Å². The Kier molecular flexibility index (Phi) is 10.3. The second kappa shape index (κ2) is 12.4. The van der Waals surface area contributed by atoms with Crippen LogP contribution >= 0.6 is 35.3 Å². The number of morpholine rings is 1. The van der Waals surface area contributed by atoms with Gasteiger partial charge < -0.3 is 20.3 Å². The van der Waals surface area contributed by atoms with Gasteiger partial charge in [0.1, 0.15) is 5.82 Å². The molecule has 0 aliphatic carbocycles. The van der Waals surface area contributed by atoms with Gasteiger partial charge in [0.2, 0.25) is 0 Å². The lowest BCUT2D eigenvalue weighted by atomic mass is 10.2. The highest BCUT2D eigenvalue weighted by atomic mass is 127. The first-order chi connectivity index (χ1) is 14.1. The van der Waals surface area contributed by atoms with E-state index in [1.54, 1.807) is 18.4 Å². The highest BCUT2D eigenvalue weighted by molar-refractivity contribution is 14.0. The maximum absolute atomic E-state index is 5.80. The molecule has 1 fully saturated rings. The summed E-state index contributed by atoms with van der Waals surface area (Å²) in [6.45, 7) is 9.62. The van der Waals surface area contributed by atoms with Crippen LogP contribution in [0.1, 0.15) is 36.2 Å². The van der Waals surface area contributed by atoms with Gasteiger partial charge in [-0.1, -0.05) is 13.0 Å². The molecule has 2 aromatic heterocycles. The Morgan fingerprint density at radius 3 is 2.57 bits per heavy atom. The molecule has 2 aromatic rings. The topological polar surface area (TPSA) is 74.7 Å². The normalized spacial score (nSPS) is 19.3. The quantitative estimate of drug-likeness (QED) is 0.317. The van der Waals surface area contributed by atoms with Crippen molar-refractivity contribution in [2.75, 3.05) is 31.6 Å². The SMILES string of the molecule is CCc1cnc(CCNC(=NC)NCc2ccc(N3CC(C)OC(C)C3)nc2)s1.I. The van der Waals surface area contributed by atoms with Gasteiger partial charge in [0, 0.05) is 56.9 Å². The first-order valence-corrected chi connectivity index (χ1v) is 11.1. The summed E-state index contributed by atoms with van der Waals surface area (Å²) < 4.78 is 5.80. The molecule has 0 spiro atoms. The number of aromatic nitrogens is 2. The predicted octanol–water partition coefficient (Wildman–Crippen LogP) is 3.24. The lowest BCUT2D eigenvalue weighted by Crippen LogP contribution is -2.45. The summed E-state index contributed by atoms with van der Waals surface area (Å²) >= 11 is 1.78. The lowest BCUT2D eigenvalue weighted by Gasteiger charge is -2.36. The summed E-state index contributed by atoms with van der Waals surface area (Å²) in [6, 6.07) is 4.21. The molecule has 0 bridgehead atoms. The molecule has 2 unspecified atom stereocenters. The number of aryl methyl sites for hydroxylation is 1. The Bertz CT molecular complexity index is 787. The summed E-state index contributed by atoms with van der Waals surface area (Å²) in [7, 11) is 1.79. The Balaban J connectivity index is 0.00000320. The van der Waals surface area contributed by atoms with Gasteiger partial charge in [0.05, 0.1) is 17.2 Å². The second-order valence-electron chi connectivity index (χ2n) is 7.36. The van der Waals surface area contributed by atoms with E-state index in [2.05, 4.69) is 63.4 Å². The Hall–Kier alpha value is -1.46. The van der Waals surface area contributed by atoms with E-state index in [-0.39, 0.29) is 36.2 Å². The minimum atomic E-state index is 0. The van der Waals surface area contributed by atoms with Crippen LogP contribution in [0, 0.1) is 0 Å². The molecule has 3 rings (SSSR count). The number of nitrogens with one attached hydrogen (secondary N) is 2. The van der Waals surface area contributed by atoms with E-state index in [0.29, 0.717) is 6.54 Å². The second-order valence-corrected chi connectivity index (χ2v) is 8.56. The molecule has 1 aliphatic rings. The molecule has 0 aromatic carbocycles. The van der Waals surface area contributed by atoms with Crippen LogP contribution in [0.25, 0.3) is 0 Å². The van der Waals surface area contributed by atoms with Crippen LogP contribution in [0.5, 0.6) is 0 Å². The Morgan fingerprint density at radius 1 is 1.20 bits per heavy atom. The number of rotatable bonds is 7. The Labute approximate surface area is 200 Å². The number of pyridine rings is 1. The smallest absolute Gasteiger partial charge is 0.191 e. The largest absolute Gasteiger partial charge is 0.372 e. The van der Waals surface area contributed by atoms with Gasteiger partial charge in [0.15, 0.2) is 5.96 Å². The number of halogens is 1. The lowest BCUT2D eigenvalue weighted by molar-refractivity contribution is -0.00545. The fourth-order valence-corrected chi connectivity index (χ4v) is 4.26. The molecule has 166 valence electrons. The highest BCUT2D eigenvalue weighted by Crippen LogP contribution is 2.18. The number of anilines is 1. The third-order valence-corrected chi connectivity index (χ3v) is 6.02. The van der Waals surface area contributed by atoms with Crippen molar-refractivity contribution in [2.45, 2.75) is 52.4 Å². The van der Waals surface area contributed by atoms with Gasteiger partial charge in [-0.15, -0.1) is 35.3 Å². The predicted molar refractivity (Wildman–Crippen MR) is 135 cm³/mol. The number of hydrogen-bond acceptors (Lipinski definition) is 6. The van der Waals surface area contributed by atoms with Crippen LogP contribution in [0.4, 0.5) is 5.82 Å². The van der Waals surface area contributed by atoms with Gasteiger partial charge in [-0.25, -0.2) is 9.97 Å². The number of nitrogens with zero attached hydrogens (tertiary/aromatic N) is 4. The molecule has 7 nitrogen and oxygen atoms in total. The average molecular weight is 545 g/mol. The molecule has 30 heavy (non-hydrogen) atoms. The zero-order valence-corrected chi connectivity index (χ0v) is 21.4. The summed E-state index contributed by atoms with van der Waals surface area (Å²) in [4.78, 5) is 17.0. The summed E-state index contributed by atoms with van der Waals surface area (Å²) in [5, 5.41) is 7.86. The van der Waals surface area contributed by atoms with E-state index in [0.717, 1.165) is 54.8 Å². The van der Waals surface area contributed by atoms with Crippen molar-refractivity contribution in [1.82, 2.24) is 20.6 Å². The van der Waals surface area contributed by atoms with Gasteiger partial charge >= 0.3 is 0 Å². The van der Waals surface area contributed by atoms with Crippen molar-refractivity contribution in [3.05, 3.63) is 40.0 Å². The molecular formula is C21H33IN6OS. The van der Waals surface area contributed by atoms with Crippen molar-refractivity contribution < 1.29 is 4.74 Å². The van der Waals surface area contributed by atoms with Crippen molar-refractivity contribution in [3.8, 4) is 0 Å². The van der Waals surface area contributed by atoms with Crippen LogP contribution in [0.15, 0.2) is 29.5 Å². The van der Waals surface area contributed by atoms with E-state index >= 15 is 0 Å². The number of ether oxygens (including phenoxy) is 1. The standard InChI is InChI=1S/C21H32N6OS.HI/c1-5-18-12-25-20(29-18)8-9-23-21(22-4)26-11-17-6-7-19(24-10-17)27-13-15(2)28-16(3)14-27;/h6-7,10,12,15-16H,5,8-9,11,13-14H2,1-4H3,(H2,22,23,26);1H. The van der Waals surface area contributed by atoms with Crippen molar-refractivity contribution >= 4 is 47.1 Å². The Morgan fingerprint density at radius 2 is 1.97 bits per heavy atom. The van der Waals surface area contributed by atoms with Crippen LogP contribution in [-0.4, -0.2) is 54.8 Å². The fraction of sp³-hybridized carbons (Fsp3) is 0.571. The summed E-state index contributed by atoms with van der Waals surface area (Å²) in [5.74, 6) is 1.80. The number of guanidine groups is 1. The molecule has 2 atom stereocenters. The third kappa shape index (κ3) is 7.35. The third-order valence-electron chi connectivity index (χ3n) is 4.82. The number of hydrogen-bond donors (Lipinski definition) is 2. The van der Waals surface area contributed by atoms with Gasteiger partial charge in [-0.3, -0.25) is 4.99 Å². The van der Waals surface area contributed by atoms with Crippen LogP contribution in [-0.2, 0) is 24.1 Å². The highest BCUT2D eigenvalue weighted by Gasteiger charge is 2.22. The van der Waals surface area contributed by atoms with E-state index in [4.69, 9.17) is 4.74 Å². The van der Waals surface area contributed by atoms with Crippen LogP contribution in [0.2, 0.25) is 0 Å². The maximum atomic E-state index is 5.80. The molecular weight excluding hydrogens is 511 g/mol. The van der Waals surface area contributed by atoms with Crippen LogP contribution in [0.3, 0.4) is 0 Å². The molecule has 1 saturated heterocycles. The summed E-state index contributed by atoms with van der Waals surface area (Å²) in [5.41, 5.74) is 1.12. The van der Waals surface area contributed by atoms with Gasteiger partial charge in [-0.05, 0) is 31.9 Å². The minimum Gasteiger partial charge on any atom is -0.372 e. The molecule has 0 amide bonds.